The second kappa shape index (κ2) is 5.49. The maximum atomic E-state index is 13.3. The van der Waals surface area contributed by atoms with E-state index in [0.29, 0.717) is 11.8 Å². The van der Waals surface area contributed by atoms with Gasteiger partial charge in [-0.05, 0) is 42.4 Å². The second-order valence-corrected chi connectivity index (χ2v) is 9.95. The van der Waals surface area contributed by atoms with Gasteiger partial charge in [-0.2, -0.15) is 0 Å². The van der Waals surface area contributed by atoms with Gasteiger partial charge in [0.2, 0.25) is 5.91 Å². The molecule has 2 amide bonds. The lowest BCUT2D eigenvalue weighted by molar-refractivity contribution is -0.137. The number of carbonyl (C=O) groups excluding carboxylic acids is 2. The van der Waals surface area contributed by atoms with Crippen LogP contribution < -0.4 is 5.32 Å². The average Bonchev–Trinajstić information content (AvgIpc) is 3.24. The van der Waals surface area contributed by atoms with Crippen molar-refractivity contribution in [1.29, 1.82) is 0 Å². The van der Waals surface area contributed by atoms with Crippen molar-refractivity contribution in [2.24, 2.45) is 22.7 Å². The van der Waals surface area contributed by atoms with Crippen LogP contribution in [0, 0.1) is 22.7 Å². The normalized spacial score (nSPS) is 32.4. The molecule has 140 valence electrons. The van der Waals surface area contributed by atoms with Gasteiger partial charge in [0.1, 0.15) is 11.6 Å². The van der Waals surface area contributed by atoms with Crippen LogP contribution in [0.5, 0.6) is 0 Å². The first-order chi connectivity index (χ1) is 11.4. The fraction of sp³-hybridized carbons (Fsp3) is 0.800. The number of fused-ring (bicyclic) bond motifs is 1. The van der Waals surface area contributed by atoms with Crippen molar-refractivity contribution in [3.63, 3.8) is 0 Å². The Labute approximate surface area is 151 Å². The fourth-order valence-electron chi connectivity index (χ4n) is 4.32. The van der Waals surface area contributed by atoms with Crippen LogP contribution in [0.3, 0.4) is 0 Å². The van der Waals surface area contributed by atoms with E-state index in [1.807, 2.05) is 38.7 Å². The van der Waals surface area contributed by atoms with E-state index in [1.165, 1.54) is 0 Å². The molecule has 3 rings (SSSR count). The summed E-state index contributed by atoms with van der Waals surface area (Å²) in [5.41, 5.74) is -0.465. The van der Waals surface area contributed by atoms with E-state index in [2.05, 4.69) is 25.7 Å². The molecule has 5 nitrogen and oxygen atoms in total. The SMILES string of the molecule is C=C[C@@H]1[C@@H]2[C@H](CN1C(=O)[C@@H](NC(=O)OC1(C)CC1)C(C)(C)C)C2(C)C. The molecule has 0 unspecified atom stereocenters. The Hall–Kier alpha value is -1.52. The molecule has 1 saturated heterocycles. The molecule has 0 aromatic carbocycles. The summed E-state index contributed by atoms with van der Waals surface area (Å²) in [7, 11) is 0. The summed E-state index contributed by atoms with van der Waals surface area (Å²) in [6, 6.07) is -0.554. The lowest BCUT2D eigenvalue weighted by Gasteiger charge is -2.37. The number of likely N-dealkylation sites (tertiary alicyclic amines) is 1. The average molecular weight is 348 g/mol. The Bertz CT molecular complexity index is 601. The summed E-state index contributed by atoms with van der Waals surface area (Å²) in [5.74, 6) is 0.975. The molecule has 25 heavy (non-hydrogen) atoms. The quantitative estimate of drug-likeness (QED) is 0.793. The molecule has 4 atom stereocenters. The molecule has 1 heterocycles. The standard InChI is InChI=1S/C20H32N2O3/c1-8-13-14-12(19(14,5)6)11-22(13)16(23)15(18(2,3)4)21-17(24)25-20(7)9-10-20/h8,12-15H,1,9-11H2,2-7H3,(H,21,24)/t12-,13+,14-,15+/m0/s1. The monoisotopic (exact) mass is 348 g/mol. The summed E-state index contributed by atoms with van der Waals surface area (Å²) >= 11 is 0. The fourth-order valence-corrected chi connectivity index (χ4v) is 4.32. The van der Waals surface area contributed by atoms with Crippen molar-refractivity contribution in [3.8, 4) is 0 Å². The third kappa shape index (κ3) is 3.18. The minimum atomic E-state index is -0.606. The van der Waals surface area contributed by atoms with Gasteiger partial charge < -0.3 is 15.0 Å². The highest BCUT2D eigenvalue weighted by molar-refractivity contribution is 5.87. The molecule has 2 aliphatic carbocycles. The van der Waals surface area contributed by atoms with Crippen molar-refractivity contribution >= 4 is 12.0 Å². The molecular weight excluding hydrogens is 316 g/mol. The number of piperidine rings is 1. The van der Waals surface area contributed by atoms with Gasteiger partial charge in [-0.25, -0.2) is 4.79 Å². The number of carbonyl (C=O) groups is 2. The molecule has 1 aliphatic heterocycles. The molecule has 2 saturated carbocycles. The third-order valence-corrected chi connectivity index (χ3v) is 6.45. The highest BCUT2D eigenvalue weighted by Gasteiger charge is 2.67. The van der Waals surface area contributed by atoms with Gasteiger partial charge in [0, 0.05) is 6.54 Å². The first-order valence-electron chi connectivity index (χ1n) is 9.33. The van der Waals surface area contributed by atoms with Crippen molar-refractivity contribution in [2.45, 2.75) is 72.1 Å². The van der Waals surface area contributed by atoms with Crippen molar-refractivity contribution in [3.05, 3.63) is 12.7 Å². The van der Waals surface area contributed by atoms with Crippen molar-refractivity contribution in [2.75, 3.05) is 6.54 Å². The van der Waals surface area contributed by atoms with E-state index in [1.54, 1.807) is 0 Å². The summed E-state index contributed by atoms with van der Waals surface area (Å²) in [6.45, 7) is 17.0. The smallest absolute Gasteiger partial charge is 0.408 e. The van der Waals surface area contributed by atoms with Crippen LogP contribution in [0.1, 0.15) is 54.4 Å². The van der Waals surface area contributed by atoms with Gasteiger partial charge >= 0.3 is 6.09 Å². The maximum Gasteiger partial charge on any atom is 0.408 e. The largest absolute Gasteiger partial charge is 0.443 e. The van der Waals surface area contributed by atoms with Gasteiger partial charge in [-0.3, -0.25) is 4.79 Å². The molecular formula is C20H32N2O3. The molecule has 0 aromatic heterocycles. The van der Waals surface area contributed by atoms with Crippen LogP contribution in [0.25, 0.3) is 0 Å². The van der Waals surface area contributed by atoms with Crippen LogP contribution in [-0.4, -0.2) is 41.1 Å². The molecule has 3 aliphatic rings. The predicted octanol–water partition coefficient (Wildman–Crippen LogP) is 3.35. The Morgan fingerprint density at radius 3 is 2.36 bits per heavy atom. The van der Waals surface area contributed by atoms with E-state index >= 15 is 0 Å². The van der Waals surface area contributed by atoms with Crippen LogP contribution in [0.15, 0.2) is 12.7 Å². The van der Waals surface area contributed by atoms with Gasteiger partial charge in [-0.1, -0.05) is 40.7 Å². The van der Waals surface area contributed by atoms with E-state index in [4.69, 9.17) is 4.74 Å². The van der Waals surface area contributed by atoms with Gasteiger partial charge in [0.15, 0.2) is 0 Å². The lowest BCUT2D eigenvalue weighted by atomic mass is 9.85. The Balaban J connectivity index is 1.72. The Kier molecular flexibility index (Phi) is 4.01. The minimum absolute atomic E-state index is 0.0294. The molecule has 0 radical (unpaired) electrons. The van der Waals surface area contributed by atoms with Crippen molar-refractivity contribution < 1.29 is 14.3 Å². The zero-order valence-corrected chi connectivity index (χ0v) is 16.4. The zero-order valence-electron chi connectivity index (χ0n) is 16.4. The molecule has 0 aromatic rings. The zero-order chi connectivity index (χ0) is 18.8. The Morgan fingerprint density at radius 1 is 1.28 bits per heavy atom. The highest BCUT2D eigenvalue weighted by atomic mass is 16.6. The van der Waals surface area contributed by atoms with Gasteiger partial charge in [0.25, 0.3) is 0 Å². The molecule has 1 N–H and O–H groups in total. The number of ether oxygens (including phenoxy) is 1. The number of hydrogen-bond acceptors (Lipinski definition) is 3. The number of nitrogens with zero attached hydrogens (tertiary/aromatic N) is 1. The van der Waals surface area contributed by atoms with E-state index in [-0.39, 0.29) is 23.0 Å². The molecule has 5 heteroatoms. The van der Waals surface area contributed by atoms with Crippen LogP contribution in [-0.2, 0) is 9.53 Å². The second-order valence-electron chi connectivity index (χ2n) is 9.95. The molecule has 3 fully saturated rings. The number of amides is 2. The van der Waals surface area contributed by atoms with E-state index < -0.39 is 17.6 Å². The van der Waals surface area contributed by atoms with E-state index in [0.717, 1.165) is 19.4 Å². The van der Waals surface area contributed by atoms with E-state index in [9.17, 15) is 9.59 Å². The van der Waals surface area contributed by atoms with Crippen molar-refractivity contribution in [1.82, 2.24) is 10.2 Å². The summed E-state index contributed by atoms with van der Waals surface area (Å²) in [6.07, 6.45) is 3.17. The number of nitrogens with one attached hydrogen (secondary N) is 1. The first-order valence-corrected chi connectivity index (χ1v) is 9.33. The van der Waals surface area contributed by atoms with Crippen LogP contribution in [0.2, 0.25) is 0 Å². The van der Waals surface area contributed by atoms with Crippen LogP contribution in [0.4, 0.5) is 4.79 Å². The summed E-state index contributed by atoms with van der Waals surface area (Å²) < 4.78 is 5.46. The number of hydrogen-bond donors (Lipinski definition) is 1. The lowest BCUT2D eigenvalue weighted by Crippen LogP contribution is -2.56. The highest BCUT2D eigenvalue weighted by Crippen LogP contribution is 2.65. The van der Waals surface area contributed by atoms with Gasteiger partial charge in [-0.15, -0.1) is 6.58 Å². The number of rotatable bonds is 4. The summed E-state index contributed by atoms with van der Waals surface area (Å²) in [4.78, 5) is 27.4. The number of alkyl carbamates (subject to hydrolysis) is 1. The maximum absolute atomic E-state index is 13.3. The van der Waals surface area contributed by atoms with Crippen LogP contribution >= 0.6 is 0 Å². The van der Waals surface area contributed by atoms with Gasteiger partial charge in [0.05, 0.1) is 6.04 Å². The third-order valence-electron chi connectivity index (χ3n) is 6.45. The summed E-state index contributed by atoms with van der Waals surface area (Å²) in [5, 5.41) is 2.84. The first kappa shape index (κ1) is 18.3. The molecule has 0 spiro atoms. The molecule has 0 bridgehead atoms. The predicted molar refractivity (Wildman–Crippen MR) is 97.0 cm³/mol. The Morgan fingerprint density at radius 2 is 1.88 bits per heavy atom. The minimum Gasteiger partial charge on any atom is -0.443 e. The topological polar surface area (TPSA) is 58.6 Å².